The van der Waals surface area contributed by atoms with Gasteiger partial charge in [-0.3, -0.25) is 0 Å². The van der Waals surface area contributed by atoms with E-state index in [0.29, 0.717) is 0 Å². The lowest BCUT2D eigenvalue weighted by Crippen LogP contribution is -2.10. The van der Waals surface area contributed by atoms with Gasteiger partial charge in [-0.2, -0.15) is 0 Å². The van der Waals surface area contributed by atoms with E-state index in [1.807, 2.05) is 0 Å². The maximum atomic E-state index is 2.38. The molecule has 0 aromatic heterocycles. The van der Waals surface area contributed by atoms with Crippen molar-refractivity contribution in [1.82, 2.24) is 0 Å². The minimum Gasteiger partial charge on any atom is -0.310 e. The van der Waals surface area contributed by atoms with Crippen LogP contribution in [-0.2, 0) is 0 Å². The van der Waals surface area contributed by atoms with Crippen molar-refractivity contribution in [3.05, 3.63) is 200 Å². The van der Waals surface area contributed by atoms with E-state index in [9.17, 15) is 0 Å². The van der Waals surface area contributed by atoms with Crippen LogP contribution in [0.2, 0.25) is 0 Å². The van der Waals surface area contributed by atoms with Gasteiger partial charge in [-0.05, 0) is 114 Å². The number of hydrogen-bond donors (Lipinski definition) is 0. The average Bonchev–Trinajstić information content (AvgIpc) is 3.18. The van der Waals surface area contributed by atoms with Crippen LogP contribution in [0, 0.1) is 0 Å². The molecule has 0 amide bonds. The predicted octanol–water partition coefficient (Wildman–Crippen LogP) is 13.6. The van der Waals surface area contributed by atoms with Gasteiger partial charge in [-0.25, -0.2) is 0 Å². The normalized spacial score (nSPS) is 11.3. The van der Waals surface area contributed by atoms with E-state index in [2.05, 4.69) is 205 Å². The Balaban J connectivity index is 1.20. The molecule has 9 aromatic rings. The summed E-state index contributed by atoms with van der Waals surface area (Å²) in [5.41, 5.74) is 10.6. The fraction of sp³-hybridized carbons (Fsp3) is 0. The number of hydrogen-bond acceptors (Lipinski definition) is 1. The SMILES string of the molecule is c1ccc(-c2ccc(N(c3cccc(-c4ccc5ccccc5c4)c3)c3cccc(-c4cc5ccccc5c5ccccc45)c3)cc2)cc1. The Morgan fingerprint density at radius 2 is 0.776 bits per heavy atom. The quantitative estimate of drug-likeness (QED) is 0.167. The monoisotopic (exact) mass is 623 g/mol. The van der Waals surface area contributed by atoms with Gasteiger partial charge in [0.25, 0.3) is 0 Å². The molecule has 0 bridgehead atoms. The number of benzene rings is 9. The molecule has 0 unspecified atom stereocenters. The minimum absolute atomic E-state index is 1.11. The van der Waals surface area contributed by atoms with E-state index in [1.54, 1.807) is 0 Å². The molecule has 0 heterocycles. The van der Waals surface area contributed by atoms with Crippen molar-refractivity contribution in [2.45, 2.75) is 0 Å². The third-order valence-electron chi connectivity index (χ3n) is 9.60. The summed E-state index contributed by atoms with van der Waals surface area (Å²) in [4.78, 5) is 2.38. The lowest BCUT2D eigenvalue weighted by molar-refractivity contribution is 1.28. The molecule has 0 aliphatic heterocycles. The highest BCUT2D eigenvalue weighted by Crippen LogP contribution is 2.41. The Hall–Kier alpha value is -6.44. The lowest BCUT2D eigenvalue weighted by Gasteiger charge is -2.27. The van der Waals surface area contributed by atoms with Gasteiger partial charge in [-0.1, -0.05) is 152 Å². The summed E-state index contributed by atoms with van der Waals surface area (Å²) >= 11 is 0. The zero-order valence-electron chi connectivity index (χ0n) is 27.0. The summed E-state index contributed by atoms with van der Waals surface area (Å²) in [6.07, 6.45) is 0. The van der Waals surface area contributed by atoms with E-state index in [0.717, 1.165) is 17.1 Å². The molecular weight excluding hydrogens is 591 g/mol. The van der Waals surface area contributed by atoms with Crippen molar-refractivity contribution >= 4 is 49.4 Å². The molecular formula is C48H33N. The first kappa shape index (κ1) is 28.8. The summed E-state index contributed by atoms with van der Waals surface area (Å²) < 4.78 is 0. The fourth-order valence-electron chi connectivity index (χ4n) is 7.18. The molecule has 0 aliphatic rings. The van der Waals surface area contributed by atoms with Crippen molar-refractivity contribution < 1.29 is 0 Å². The third-order valence-corrected chi connectivity index (χ3v) is 9.60. The molecule has 0 radical (unpaired) electrons. The third kappa shape index (κ3) is 5.42. The Morgan fingerprint density at radius 3 is 1.55 bits per heavy atom. The van der Waals surface area contributed by atoms with Gasteiger partial charge in [0.15, 0.2) is 0 Å². The van der Waals surface area contributed by atoms with Gasteiger partial charge >= 0.3 is 0 Å². The summed E-state index contributed by atoms with van der Waals surface area (Å²) in [5.74, 6) is 0. The summed E-state index contributed by atoms with van der Waals surface area (Å²) in [6.45, 7) is 0. The second kappa shape index (κ2) is 12.3. The van der Waals surface area contributed by atoms with Crippen LogP contribution in [0.15, 0.2) is 200 Å². The van der Waals surface area contributed by atoms with Gasteiger partial charge < -0.3 is 4.90 Å². The first-order chi connectivity index (χ1) is 24.3. The number of nitrogens with zero attached hydrogens (tertiary/aromatic N) is 1. The molecule has 0 saturated heterocycles. The van der Waals surface area contributed by atoms with Crippen LogP contribution in [0.3, 0.4) is 0 Å². The van der Waals surface area contributed by atoms with Crippen molar-refractivity contribution in [2.24, 2.45) is 0 Å². The molecule has 1 nitrogen and oxygen atoms in total. The maximum absolute atomic E-state index is 2.38. The number of rotatable bonds is 6. The number of fused-ring (bicyclic) bond motifs is 4. The molecule has 0 atom stereocenters. The van der Waals surface area contributed by atoms with Crippen LogP contribution in [0.1, 0.15) is 0 Å². The van der Waals surface area contributed by atoms with Crippen molar-refractivity contribution in [2.75, 3.05) is 4.90 Å². The van der Waals surface area contributed by atoms with Gasteiger partial charge in [-0.15, -0.1) is 0 Å². The summed E-state index contributed by atoms with van der Waals surface area (Å²) in [6, 6.07) is 72.5. The Labute approximate surface area is 287 Å². The maximum Gasteiger partial charge on any atom is 0.0467 e. The molecule has 230 valence electrons. The first-order valence-electron chi connectivity index (χ1n) is 16.8. The second-order valence-electron chi connectivity index (χ2n) is 12.6. The van der Waals surface area contributed by atoms with Crippen LogP contribution < -0.4 is 4.90 Å². The highest BCUT2D eigenvalue weighted by Gasteiger charge is 2.16. The van der Waals surface area contributed by atoms with Gasteiger partial charge in [0.2, 0.25) is 0 Å². The Kier molecular flexibility index (Phi) is 7.22. The standard InChI is InChI=1S/C48H33N/c1-2-12-34(13-3-1)36-26-28-42(29-27-36)49(43-19-10-17-38(31-43)39-25-24-35-14-4-5-15-37(35)30-39)44-20-11-18-40(32-44)48-33-41-16-6-7-21-45(41)46-22-8-9-23-47(46)48/h1-33H. The number of anilines is 3. The molecule has 0 spiro atoms. The lowest BCUT2D eigenvalue weighted by atomic mass is 9.93. The smallest absolute Gasteiger partial charge is 0.0467 e. The molecule has 0 N–H and O–H groups in total. The fourth-order valence-corrected chi connectivity index (χ4v) is 7.18. The Morgan fingerprint density at radius 1 is 0.245 bits per heavy atom. The summed E-state index contributed by atoms with van der Waals surface area (Å²) in [5, 5.41) is 7.56. The van der Waals surface area contributed by atoms with Gasteiger partial charge in [0.1, 0.15) is 0 Å². The average molecular weight is 624 g/mol. The topological polar surface area (TPSA) is 3.24 Å². The Bertz CT molecular complexity index is 2600. The van der Waals surface area contributed by atoms with Crippen LogP contribution in [0.25, 0.3) is 65.7 Å². The van der Waals surface area contributed by atoms with Crippen molar-refractivity contribution in [1.29, 1.82) is 0 Å². The molecule has 1 heteroatoms. The molecule has 0 aliphatic carbocycles. The highest BCUT2D eigenvalue weighted by atomic mass is 15.1. The van der Waals surface area contributed by atoms with Gasteiger partial charge in [0.05, 0.1) is 0 Å². The van der Waals surface area contributed by atoms with E-state index in [-0.39, 0.29) is 0 Å². The van der Waals surface area contributed by atoms with Crippen molar-refractivity contribution in [3.8, 4) is 33.4 Å². The van der Waals surface area contributed by atoms with Crippen LogP contribution >= 0.6 is 0 Å². The zero-order chi connectivity index (χ0) is 32.6. The van der Waals surface area contributed by atoms with Crippen LogP contribution in [0.5, 0.6) is 0 Å². The van der Waals surface area contributed by atoms with E-state index < -0.39 is 0 Å². The minimum atomic E-state index is 1.11. The predicted molar refractivity (Wildman–Crippen MR) is 210 cm³/mol. The van der Waals surface area contributed by atoms with E-state index >= 15 is 0 Å². The second-order valence-corrected chi connectivity index (χ2v) is 12.6. The largest absolute Gasteiger partial charge is 0.310 e. The molecule has 9 aromatic carbocycles. The van der Waals surface area contributed by atoms with E-state index in [1.165, 1.54) is 65.7 Å². The first-order valence-corrected chi connectivity index (χ1v) is 16.8. The molecule has 49 heavy (non-hydrogen) atoms. The van der Waals surface area contributed by atoms with Crippen LogP contribution in [-0.4, -0.2) is 0 Å². The molecule has 9 rings (SSSR count). The van der Waals surface area contributed by atoms with Crippen LogP contribution in [0.4, 0.5) is 17.1 Å². The highest BCUT2D eigenvalue weighted by molar-refractivity contribution is 6.14. The zero-order valence-corrected chi connectivity index (χ0v) is 27.0. The van der Waals surface area contributed by atoms with E-state index in [4.69, 9.17) is 0 Å². The summed E-state index contributed by atoms with van der Waals surface area (Å²) in [7, 11) is 0. The molecule has 0 saturated carbocycles. The molecule has 0 fully saturated rings. The van der Waals surface area contributed by atoms with Crippen molar-refractivity contribution in [3.63, 3.8) is 0 Å². The van der Waals surface area contributed by atoms with Gasteiger partial charge in [0, 0.05) is 17.1 Å².